The number of aryl methyl sites for hydroxylation is 2. The van der Waals surface area contributed by atoms with E-state index in [9.17, 15) is 8.42 Å². The van der Waals surface area contributed by atoms with Crippen LogP contribution in [0.25, 0.3) is 0 Å². The highest BCUT2D eigenvalue weighted by Gasteiger charge is 2.26. The van der Waals surface area contributed by atoms with E-state index in [1.807, 2.05) is 51.1 Å². The van der Waals surface area contributed by atoms with Crippen molar-refractivity contribution < 1.29 is 12.6 Å². The van der Waals surface area contributed by atoms with Crippen LogP contribution in [0.15, 0.2) is 36.4 Å². The molecule has 1 aliphatic carbocycles. The zero-order valence-electron chi connectivity index (χ0n) is 23.2. The lowest BCUT2D eigenvalue weighted by atomic mass is 10.1. The lowest BCUT2D eigenvalue weighted by Crippen LogP contribution is -2.28. The molecule has 0 radical (unpaired) electrons. The van der Waals surface area contributed by atoms with Crippen LogP contribution in [0.5, 0.6) is 5.88 Å². The monoisotopic (exact) mass is 541 g/mol. The molecule has 0 aliphatic heterocycles. The molecular weight excluding hydrogens is 502 g/mol. The largest absolute Gasteiger partial charge is 0.386 e. The first kappa shape index (κ1) is 29.2. The maximum Gasteiger partial charge on any atom is 0.386 e. The smallest absolute Gasteiger partial charge is 0.354 e. The van der Waals surface area contributed by atoms with Crippen molar-refractivity contribution in [2.75, 3.05) is 31.3 Å². The normalized spacial score (nSPS) is 13.0. The predicted octanol–water partition coefficient (Wildman–Crippen LogP) is 5.15. The molecule has 0 atom stereocenters. The summed E-state index contributed by atoms with van der Waals surface area (Å²) in [6.07, 6.45) is 5.13. The van der Waals surface area contributed by atoms with E-state index in [1.165, 1.54) is 32.6 Å². The molecule has 11 heteroatoms. The summed E-state index contributed by atoms with van der Waals surface area (Å²) in [5.41, 5.74) is 4.71. The molecule has 4 rings (SSSR count). The Bertz CT molecular complexity index is 1300. The lowest BCUT2D eigenvalue weighted by Gasteiger charge is -2.16. The molecule has 0 amide bonds. The standard InChI is InChI=1S/C14H15N3.C13H24N4O3S/c1-10-9-13(11-7-8-11)17-14(15-10)16-12-5-3-2-4-6-12;1-6-8-9-11-10(3)15-13(14-7-2)16-12(11)20-21(18,19)17(4)5/h2-6,9,11H,7-8H2,1H3,(H,15,16,17);6-9H2,1-5H3,(H,14,15,16). The van der Waals surface area contributed by atoms with Crippen LogP contribution in [-0.4, -0.2) is 53.3 Å². The van der Waals surface area contributed by atoms with E-state index in [2.05, 4.69) is 43.6 Å². The number of hydrogen-bond acceptors (Lipinski definition) is 9. The number of para-hydroxylation sites is 1. The average molecular weight is 542 g/mol. The number of anilines is 3. The summed E-state index contributed by atoms with van der Waals surface area (Å²) in [5.74, 6) is 1.85. The van der Waals surface area contributed by atoms with Gasteiger partial charge in [0.15, 0.2) is 0 Å². The summed E-state index contributed by atoms with van der Waals surface area (Å²) in [5, 5.41) is 6.22. The third-order valence-electron chi connectivity index (χ3n) is 5.82. The van der Waals surface area contributed by atoms with Crippen LogP contribution in [-0.2, 0) is 16.7 Å². The molecular formula is C27H39N7O3S. The van der Waals surface area contributed by atoms with Gasteiger partial charge >= 0.3 is 10.3 Å². The molecule has 2 heterocycles. The molecule has 1 fully saturated rings. The van der Waals surface area contributed by atoms with Crippen LogP contribution in [0.3, 0.4) is 0 Å². The second kappa shape index (κ2) is 13.5. The van der Waals surface area contributed by atoms with Gasteiger partial charge in [-0.15, -0.1) is 0 Å². The molecule has 2 N–H and O–H groups in total. The first-order valence-corrected chi connectivity index (χ1v) is 14.4. The minimum atomic E-state index is -3.83. The number of nitrogens with zero attached hydrogens (tertiary/aromatic N) is 5. The Balaban J connectivity index is 0.000000214. The number of hydrogen-bond donors (Lipinski definition) is 2. The third kappa shape index (κ3) is 8.63. The summed E-state index contributed by atoms with van der Waals surface area (Å²) < 4.78 is 30.0. The highest BCUT2D eigenvalue weighted by Crippen LogP contribution is 2.39. The quantitative estimate of drug-likeness (QED) is 0.339. The topological polar surface area (TPSA) is 122 Å². The Hall–Kier alpha value is -3.31. The summed E-state index contributed by atoms with van der Waals surface area (Å²) in [6, 6.07) is 12.1. The molecule has 1 aromatic carbocycles. The van der Waals surface area contributed by atoms with E-state index in [0.29, 0.717) is 30.8 Å². The van der Waals surface area contributed by atoms with Gasteiger partial charge in [-0.25, -0.2) is 15.0 Å². The molecule has 2 aromatic heterocycles. The molecule has 3 aromatic rings. The Morgan fingerprint density at radius 3 is 2.32 bits per heavy atom. The van der Waals surface area contributed by atoms with Crippen molar-refractivity contribution in [3.63, 3.8) is 0 Å². The van der Waals surface area contributed by atoms with Crippen LogP contribution >= 0.6 is 0 Å². The predicted molar refractivity (Wildman–Crippen MR) is 151 cm³/mol. The highest BCUT2D eigenvalue weighted by atomic mass is 32.2. The van der Waals surface area contributed by atoms with E-state index in [0.717, 1.165) is 39.8 Å². The summed E-state index contributed by atoms with van der Waals surface area (Å²) >= 11 is 0. The van der Waals surface area contributed by atoms with Gasteiger partial charge in [0.25, 0.3) is 0 Å². The fourth-order valence-electron chi connectivity index (χ4n) is 3.58. The number of nitrogens with one attached hydrogen (secondary N) is 2. The van der Waals surface area contributed by atoms with Crippen molar-refractivity contribution in [2.45, 2.75) is 65.7 Å². The van der Waals surface area contributed by atoms with Crippen LogP contribution in [0.2, 0.25) is 0 Å². The van der Waals surface area contributed by atoms with Crippen molar-refractivity contribution in [3.05, 3.63) is 59.0 Å². The Kier molecular flexibility index (Phi) is 10.4. The minimum absolute atomic E-state index is 0.112. The van der Waals surface area contributed by atoms with Gasteiger partial charge in [0.05, 0.1) is 0 Å². The molecule has 0 bridgehead atoms. The minimum Gasteiger partial charge on any atom is -0.354 e. The first-order valence-electron chi connectivity index (χ1n) is 13.0. The van der Waals surface area contributed by atoms with Gasteiger partial charge in [0.1, 0.15) is 0 Å². The molecule has 10 nitrogen and oxygen atoms in total. The van der Waals surface area contributed by atoms with Gasteiger partial charge in [-0.05, 0) is 64.7 Å². The Labute approximate surface area is 226 Å². The molecule has 0 unspecified atom stereocenters. The summed E-state index contributed by atoms with van der Waals surface area (Å²) in [4.78, 5) is 17.5. The zero-order valence-corrected chi connectivity index (χ0v) is 24.0. The van der Waals surface area contributed by atoms with Gasteiger partial charge in [-0.1, -0.05) is 31.5 Å². The van der Waals surface area contributed by atoms with E-state index in [1.54, 1.807) is 0 Å². The van der Waals surface area contributed by atoms with Gasteiger partial charge in [-0.3, -0.25) is 0 Å². The van der Waals surface area contributed by atoms with Gasteiger partial charge in [0, 0.05) is 54.9 Å². The second-order valence-electron chi connectivity index (χ2n) is 9.40. The van der Waals surface area contributed by atoms with Crippen molar-refractivity contribution in [2.24, 2.45) is 0 Å². The van der Waals surface area contributed by atoms with Crippen LogP contribution < -0.4 is 14.8 Å². The second-order valence-corrected chi connectivity index (χ2v) is 11.1. The fourth-order valence-corrected chi connectivity index (χ4v) is 4.07. The van der Waals surface area contributed by atoms with Crippen LogP contribution in [0.1, 0.15) is 68.1 Å². The maximum absolute atomic E-state index is 11.9. The van der Waals surface area contributed by atoms with Crippen molar-refractivity contribution in [1.82, 2.24) is 24.2 Å². The molecule has 1 saturated carbocycles. The molecule has 38 heavy (non-hydrogen) atoms. The van der Waals surface area contributed by atoms with E-state index >= 15 is 0 Å². The fraction of sp³-hybridized carbons (Fsp3) is 0.481. The Morgan fingerprint density at radius 1 is 1.00 bits per heavy atom. The molecule has 0 saturated heterocycles. The number of rotatable bonds is 11. The maximum atomic E-state index is 11.9. The van der Waals surface area contributed by atoms with Gasteiger partial charge in [-0.2, -0.15) is 17.7 Å². The Morgan fingerprint density at radius 2 is 1.71 bits per heavy atom. The first-order chi connectivity index (χ1) is 18.1. The van der Waals surface area contributed by atoms with Crippen molar-refractivity contribution in [3.8, 4) is 5.88 Å². The third-order valence-corrected chi connectivity index (χ3v) is 7.09. The summed E-state index contributed by atoms with van der Waals surface area (Å²) in [6.45, 7) is 8.49. The van der Waals surface area contributed by atoms with Gasteiger partial charge < -0.3 is 14.8 Å². The number of benzene rings is 1. The highest BCUT2D eigenvalue weighted by molar-refractivity contribution is 7.84. The number of aromatic nitrogens is 4. The summed E-state index contributed by atoms with van der Waals surface area (Å²) in [7, 11) is -0.998. The lowest BCUT2D eigenvalue weighted by molar-refractivity contribution is 0.411. The van der Waals surface area contributed by atoms with Crippen LogP contribution in [0.4, 0.5) is 17.6 Å². The SMILES string of the molecule is CCCCc1c(C)nc(NCC)nc1OS(=O)(=O)N(C)C.Cc1cc(C2CC2)nc(Nc2ccccc2)n1. The van der Waals surface area contributed by atoms with Crippen molar-refractivity contribution in [1.29, 1.82) is 0 Å². The molecule has 206 valence electrons. The van der Waals surface area contributed by atoms with Crippen LogP contribution in [0, 0.1) is 13.8 Å². The molecule has 1 aliphatic rings. The number of unbranched alkanes of at least 4 members (excludes halogenated alkanes) is 1. The molecule has 0 spiro atoms. The van der Waals surface area contributed by atoms with E-state index in [-0.39, 0.29) is 5.88 Å². The van der Waals surface area contributed by atoms with Gasteiger partial charge in [0.2, 0.25) is 17.8 Å². The van der Waals surface area contributed by atoms with Crippen molar-refractivity contribution >= 4 is 27.9 Å². The average Bonchev–Trinajstić information content (AvgIpc) is 3.70. The van der Waals surface area contributed by atoms with E-state index in [4.69, 9.17) is 4.18 Å². The zero-order chi connectivity index (χ0) is 27.7. The van der Waals surface area contributed by atoms with E-state index < -0.39 is 10.3 Å².